The number of nitrogens with one attached hydrogen (secondary N) is 1. The van der Waals surface area contributed by atoms with Gasteiger partial charge in [-0.2, -0.15) is 0 Å². The zero-order valence-electron chi connectivity index (χ0n) is 15.4. The Kier molecular flexibility index (Phi) is 6.04. The summed E-state index contributed by atoms with van der Waals surface area (Å²) in [7, 11) is 0. The molecule has 2 aromatic rings. The summed E-state index contributed by atoms with van der Waals surface area (Å²) in [6, 6.07) is 9.49. The number of ether oxygens (including phenoxy) is 1. The highest BCUT2D eigenvalue weighted by atomic mass is 16.5. The lowest BCUT2D eigenvalue weighted by molar-refractivity contribution is 0.0695. The number of aromatic nitrogens is 2. The number of carbonyl (C=O) groups is 1. The van der Waals surface area contributed by atoms with Gasteiger partial charge in [-0.1, -0.05) is 18.2 Å². The molecule has 6 heteroatoms. The Balaban J connectivity index is 1.50. The Labute approximate surface area is 154 Å². The van der Waals surface area contributed by atoms with E-state index in [1.807, 2.05) is 49.1 Å². The van der Waals surface area contributed by atoms with Crippen molar-refractivity contribution in [2.24, 2.45) is 5.92 Å². The minimum atomic E-state index is 0.0551. The molecule has 2 heterocycles. The van der Waals surface area contributed by atoms with Crippen LogP contribution in [0.15, 0.2) is 42.7 Å². The lowest BCUT2D eigenvalue weighted by Gasteiger charge is -2.32. The maximum Gasteiger partial charge on any atom is 0.257 e. The number of carbonyl (C=O) groups excluding carboxylic acids is 1. The molecule has 1 fully saturated rings. The van der Waals surface area contributed by atoms with Crippen LogP contribution in [0.2, 0.25) is 0 Å². The maximum atomic E-state index is 12.5. The summed E-state index contributed by atoms with van der Waals surface area (Å²) in [5, 5.41) is 3.36. The van der Waals surface area contributed by atoms with Crippen LogP contribution >= 0.6 is 0 Å². The van der Waals surface area contributed by atoms with Crippen LogP contribution in [-0.4, -0.2) is 46.5 Å². The molecule has 1 amide bonds. The van der Waals surface area contributed by atoms with Crippen molar-refractivity contribution in [3.05, 3.63) is 48.3 Å². The number of amides is 1. The van der Waals surface area contributed by atoms with Gasteiger partial charge in [0.1, 0.15) is 0 Å². The molecule has 26 heavy (non-hydrogen) atoms. The molecule has 1 aliphatic heterocycles. The van der Waals surface area contributed by atoms with E-state index in [4.69, 9.17) is 4.74 Å². The summed E-state index contributed by atoms with van der Waals surface area (Å²) in [5.41, 5.74) is 0.763. The van der Waals surface area contributed by atoms with Gasteiger partial charge < -0.3 is 15.0 Å². The van der Waals surface area contributed by atoms with Gasteiger partial charge in [0, 0.05) is 37.6 Å². The average molecular weight is 354 g/mol. The normalized spacial score (nSPS) is 15.1. The molecule has 0 aliphatic carbocycles. The zero-order chi connectivity index (χ0) is 18.4. The monoisotopic (exact) mass is 354 g/mol. The lowest BCUT2D eigenvalue weighted by atomic mass is 9.96. The molecule has 0 bridgehead atoms. The van der Waals surface area contributed by atoms with E-state index in [0.717, 1.165) is 38.0 Å². The van der Waals surface area contributed by atoms with Crippen molar-refractivity contribution in [2.45, 2.75) is 32.8 Å². The molecule has 0 atom stereocenters. The van der Waals surface area contributed by atoms with Crippen molar-refractivity contribution in [1.82, 2.24) is 14.9 Å². The number of rotatable bonds is 6. The molecule has 1 N–H and O–H groups in total. The predicted molar refractivity (Wildman–Crippen MR) is 101 cm³/mol. The van der Waals surface area contributed by atoms with Crippen LogP contribution in [0, 0.1) is 5.92 Å². The first kappa shape index (κ1) is 18.2. The van der Waals surface area contributed by atoms with Crippen molar-refractivity contribution < 1.29 is 9.53 Å². The molecule has 0 unspecified atom stereocenters. The third kappa shape index (κ3) is 4.71. The summed E-state index contributed by atoms with van der Waals surface area (Å²) < 4.78 is 5.69. The molecule has 0 saturated carbocycles. The van der Waals surface area contributed by atoms with Crippen LogP contribution in [0.25, 0.3) is 0 Å². The fourth-order valence-corrected chi connectivity index (χ4v) is 3.10. The molecule has 1 aromatic heterocycles. The van der Waals surface area contributed by atoms with Crippen LogP contribution in [-0.2, 0) is 0 Å². The number of piperidine rings is 1. The molecule has 138 valence electrons. The first-order valence-electron chi connectivity index (χ1n) is 9.19. The summed E-state index contributed by atoms with van der Waals surface area (Å²) in [6.45, 7) is 6.32. The number of hydrogen-bond donors (Lipinski definition) is 1. The Hall–Kier alpha value is -2.63. The minimum absolute atomic E-state index is 0.0551. The highest BCUT2D eigenvalue weighted by Gasteiger charge is 2.23. The Morgan fingerprint density at radius 3 is 2.58 bits per heavy atom. The minimum Gasteiger partial charge on any atom is -0.472 e. The molecule has 1 aromatic carbocycles. The van der Waals surface area contributed by atoms with Crippen molar-refractivity contribution in [3.8, 4) is 5.88 Å². The van der Waals surface area contributed by atoms with Crippen molar-refractivity contribution >= 4 is 11.7 Å². The molecule has 0 spiro atoms. The van der Waals surface area contributed by atoms with Gasteiger partial charge in [-0.15, -0.1) is 0 Å². The summed E-state index contributed by atoms with van der Waals surface area (Å²) in [5.74, 6) is 1.85. The van der Waals surface area contributed by atoms with Crippen LogP contribution in [0.3, 0.4) is 0 Å². The fraction of sp³-hybridized carbons (Fsp3) is 0.450. The second-order valence-corrected chi connectivity index (χ2v) is 6.86. The average Bonchev–Trinajstić information content (AvgIpc) is 2.67. The maximum absolute atomic E-state index is 12.5. The summed E-state index contributed by atoms with van der Waals surface area (Å²) in [6.07, 6.45) is 5.31. The van der Waals surface area contributed by atoms with Crippen LogP contribution in [0.4, 0.5) is 5.82 Å². The van der Waals surface area contributed by atoms with E-state index in [1.165, 1.54) is 0 Å². The smallest absolute Gasteiger partial charge is 0.257 e. The fourth-order valence-electron chi connectivity index (χ4n) is 3.10. The van der Waals surface area contributed by atoms with Crippen molar-refractivity contribution in [3.63, 3.8) is 0 Å². The predicted octanol–water partition coefficient (Wildman–Crippen LogP) is 3.23. The van der Waals surface area contributed by atoms with E-state index < -0.39 is 0 Å². The highest BCUT2D eigenvalue weighted by molar-refractivity contribution is 5.94. The van der Waals surface area contributed by atoms with E-state index in [-0.39, 0.29) is 12.0 Å². The Morgan fingerprint density at radius 1 is 1.19 bits per heavy atom. The molecule has 6 nitrogen and oxygen atoms in total. The number of hydrogen-bond acceptors (Lipinski definition) is 5. The second-order valence-electron chi connectivity index (χ2n) is 6.86. The molecule has 3 rings (SSSR count). The van der Waals surface area contributed by atoms with E-state index >= 15 is 0 Å². The van der Waals surface area contributed by atoms with Gasteiger partial charge >= 0.3 is 0 Å². The molecule has 1 aliphatic rings. The first-order chi connectivity index (χ1) is 12.6. The molecular weight excluding hydrogens is 328 g/mol. The number of anilines is 1. The molecule has 1 saturated heterocycles. The summed E-state index contributed by atoms with van der Waals surface area (Å²) >= 11 is 0. The van der Waals surface area contributed by atoms with Gasteiger partial charge in [0.15, 0.2) is 5.82 Å². The van der Waals surface area contributed by atoms with E-state index in [9.17, 15) is 4.79 Å². The van der Waals surface area contributed by atoms with Crippen LogP contribution < -0.4 is 10.1 Å². The quantitative estimate of drug-likeness (QED) is 0.863. The van der Waals surface area contributed by atoms with Gasteiger partial charge in [-0.25, -0.2) is 9.97 Å². The number of benzene rings is 1. The van der Waals surface area contributed by atoms with Gasteiger partial charge in [-0.3, -0.25) is 4.79 Å². The van der Waals surface area contributed by atoms with E-state index in [1.54, 1.807) is 12.4 Å². The summed E-state index contributed by atoms with van der Waals surface area (Å²) in [4.78, 5) is 23.0. The first-order valence-corrected chi connectivity index (χ1v) is 9.19. The Morgan fingerprint density at radius 2 is 1.88 bits per heavy atom. The van der Waals surface area contributed by atoms with Gasteiger partial charge in [0.25, 0.3) is 11.8 Å². The van der Waals surface area contributed by atoms with Crippen molar-refractivity contribution in [1.29, 1.82) is 0 Å². The molecule has 0 radical (unpaired) electrons. The zero-order valence-corrected chi connectivity index (χ0v) is 15.4. The van der Waals surface area contributed by atoms with Gasteiger partial charge in [0.05, 0.1) is 6.10 Å². The van der Waals surface area contributed by atoms with Crippen LogP contribution in [0.1, 0.15) is 37.0 Å². The third-order valence-corrected chi connectivity index (χ3v) is 4.49. The van der Waals surface area contributed by atoms with E-state index in [0.29, 0.717) is 17.6 Å². The van der Waals surface area contributed by atoms with Gasteiger partial charge in [-0.05, 0) is 44.7 Å². The lowest BCUT2D eigenvalue weighted by Crippen LogP contribution is -2.39. The van der Waals surface area contributed by atoms with Crippen molar-refractivity contribution in [2.75, 3.05) is 25.0 Å². The Bertz CT molecular complexity index is 713. The molecular formula is C20H26N4O2. The van der Waals surface area contributed by atoms with Crippen LogP contribution in [0.5, 0.6) is 5.88 Å². The third-order valence-electron chi connectivity index (χ3n) is 4.49. The van der Waals surface area contributed by atoms with E-state index in [2.05, 4.69) is 15.3 Å². The number of nitrogens with zero attached hydrogens (tertiary/aromatic N) is 3. The number of likely N-dealkylation sites (tertiary alicyclic amines) is 1. The standard InChI is InChI=1S/C20H26N4O2/c1-15(2)26-19-18(21-10-11-22-19)23-14-16-8-12-24(13-9-16)20(25)17-6-4-3-5-7-17/h3-7,10-11,15-16H,8-9,12-14H2,1-2H3,(H,21,23). The SMILES string of the molecule is CC(C)Oc1nccnc1NCC1CCN(C(=O)c2ccccc2)CC1. The highest BCUT2D eigenvalue weighted by Crippen LogP contribution is 2.23. The van der Waals surface area contributed by atoms with Gasteiger partial charge in [0.2, 0.25) is 0 Å². The largest absolute Gasteiger partial charge is 0.472 e. The second kappa shape index (κ2) is 8.65. The topological polar surface area (TPSA) is 67.4 Å².